The summed E-state index contributed by atoms with van der Waals surface area (Å²) in [5, 5.41) is 11.1. The lowest BCUT2D eigenvalue weighted by atomic mass is 10.1. The van der Waals surface area contributed by atoms with Crippen molar-refractivity contribution in [2.75, 3.05) is 0 Å². The van der Waals surface area contributed by atoms with Crippen LogP contribution >= 0.6 is 11.6 Å². The quantitative estimate of drug-likeness (QED) is 0.744. The number of phenols is 1. The zero-order chi connectivity index (χ0) is 14.6. The standard InChI is InChI=1S/C17H15ClN2O/c1-10-4-2-5-12(16(10)21)17-19-14-7-3-6-13(18)15(14)20(17)11-8-9-11/h2-7,11,21H,8-9H2,1H3. The van der Waals surface area contributed by atoms with E-state index in [-0.39, 0.29) is 0 Å². The van der Waals surface area contributed by atoms with Crippen LogP contribution in [-0.2, 0) is 0 Å². The molecule has 21 heavy (non-hydrogen) atoms. The van der Waals surface area contributed by atoms with E-state index in [4.69, 9.17) is 16.6 Å². The molecule has 0 bridgehead atoms. The van der Waals surface area contributed by atoms with E-state index in [1.807, 2.05) is 43.3 Å². The number of aryl methyl sites for hydroxylation is 1. The van der Waals surface area contributed by atoms with Gasteiger partial charge in [-0.05, 0) is 43.5 Å². The molecule has 0 spiro atoms. The molecule has 1 aliphatic rings. The first kappa shape index (κ1) is 12.7. The van der Waals surface area contributed by atoms with E-state index in [1.54, 1.807) is 0 Å². The van der Waals surface area contributed by atoms with E-state index in [9.17, 15) is 5.11 Å². The number of aromatic nitrogens is 2. The van der Waals surface area contributed by atoms with Gasteiger partial charge in [-0.15, -0.1) is 0 Å². The van der Waals surface area contributed by atoms with Gasteiger partial charge in [-0.1, -0.05) is 29.8 Å². The summed E-state index contributed by atoms with van der Waals surface area (Å²) >= 11 is 6.38. The monoisotopic (exact) mass is 298 g/mol. The maximum Gasteiger partial charge on any atom is 0.145 e. The Labute approximate surface area is 127 Å². The third-order valence-electron chi connectivity index (χ3n) is 4.05. The Hall–Kier alpha value is -2.00. The molecule has 0 atom stereocenters. The topological polar surface area (TPSA) is 38.0 Å². The van der Waals surface area contributed by atoms with Crippen molar-refractivity contribution in [3.05, 3.63) is 47.0 Å². The number of nitrogens with zero attached hydrogens (tertiary/aromatic N) is 2. The van der Waals surface area contributed by atoms with Gasteiger partial charge in [0.05, 0.1) is 21.6 Å². The fourth-order valence-corrected chi connectivity index (χ4v) is 3.08. The highest BCUT2D eigenvalue weighted by Crippen LogP contribution is 2.44. The van der Waals surface area contributed by atoms with E-state index in [2.05, 4.69) is 4.57 Å². The van der Waals surface area contributed by atoms with Crippen LogP contribution in [0.25, 0.3) is 22.4 Å². The minimum Gasteiger partial charge on any atom is -0.507 e. The van der Waals surface area contributed by atoms with Crippen molar-refractivity contribution in [1.82, 2.24) is 9.55 Å². The number of imidazole rings is 1. The molecule has 3 aromatic rings. The molecule has 0 amide bonds. The van der Waals surface area contributed by atoms with Gasteiger partial charge in [0, 0.05) is 6.04 Å². The molecule has 0 radical (unpaired) electrons. The minimum absolute atomic E-state index is 0.297. The van der Waals surface area contributed by atoms with Crippen LogP contribution in [0.5, 0.6) is 5.75 Å². The zero-order valence-corrected chi connectivity index (χ0v) is 12.4. The van der Waals surface area contributed by atoms with Gasteiger partial charge in [-0.3, -0.25) is 0 Å². The normalized spacial score (nSPS) is 14.8. The number of rotatable bonds is 2. The van der Waals surface area contributed by atoms with Gasteiger partial charge in [0.1, 0.15) is 11.6 Å². The highest BCUT2D eigenvalue weighted by Gasteiger charge is 2.30. The molecular formula is C17H15ClN2O. The number of para-hydroxylation sites is 2. The lowest BCUT2D eigenvalue weighted by Crippen LogP contribution is -1.98. The Morgan fingerprint density at radius 3 is 2.71 bits per heavy atom. The molecule has 4 rings (SSSR count). The van der Waals surface area contributed by atoms with E-state index in [0.717, 1.165) is 40.8 Å². The lowest BCUT2D eigenvalue weighted by Gasteiger charge is -2.11. The second-order valence-corrected chi connectivity index (χ2v) is 6.02. The number of aromatic hydroxyl groups is 1. The van der Waals surface area contributed by atoms with Gasteiger partial charge >= 0.3 is 0 Å². The molecule has 4 heteroatoms. The molecule has 1 aromatic heterocycles. The minimum atomic E-state index is 0.297. The predicted molar refractivity (Wildman–Crippen MR) is 84.9 cm³/mol. The maximum absolute atomic E-state index is 10.4. The lowest BCUT2D eigenvalue weighted by molar-refractivity contribution is 0.472. The van der Waals surface area contributed by atoms with Gasteiger partial charge in [0.25, 0.3) is 0 Å². The summed E-state index contributed by atoms with van der Waals surface area (Å²) in [6.45, 7) is 1.90. The highest BCUT2D eigenvalue weighted by atomic mass is 35.5. The van der Waals surface area contributed by atoms with Gasteiger partial charge < -0.3 is 9.67 Å². The number of benzene rings is 2. The summed E-state index contributed by atoms with van der Waals surface area (Å²) in [7, 11) is 0. The van der Waals surface area contributed by atoms with Crippen LogP contribution in [0.15, 0.2) is 36.4 Å². The van der Waals surface area contributed by atoms with Gasteiger partial charge in [0.15, 0.2) is 0 Å². The van der Waals surface area contributed by atoms with Crippen molar-refractivity contribution in [2.24, 2.45) is 0 Å². The molecule has 0 unspecified atom stereocenters. The molecule has 1 N–H and O–H groups in total. The predicted octanol–water partition coefficient (Wildman–Crippen LogP) is 4.71. The summed E-state index contributed by atoms with van der Waals surface area (Å²) in [5.74, 6) is 1.10. The van der Waals surface area contributed by atoms with E-state index < -0.39 is 0 Å². The van der Waals surface area contributed by atoms with Crippen molar-refractivity contribution >= 4 is 22.6 Å². The smallest absolute Gasteiger partial charge is 0.145 e. The number of halogens is 1. The molecule has 1 saturated carbocycles. The van der Waals surface area contributed by atoms with Crippen LogP contribution in [0.4, 0.5) is 0 Å². The summed E-state index contributed by atoms with van der Waals surface area (Å²) in [6, 6.07) is 12.0. The number of hydrogen-bond acceptors (Lipinski definition) is 2. The van der Waals surface area contributed by atoms with Crippen molar-refractivity contribution in [2.45, 2.75) is 25.8 Å². The van der Waals surface area contributed by atoms with Gasteiger partial charge in [-0.2, -0.15) is 0 Å². The van der Waals surface area contributed by atoms with E-state index in [0.29, 0.717) is 16.8 Å². The third kappa shape index (κ3) is 1.92. The largest absolute Gasteiger partial charge is 0.507 e. The van der Waals surface area contributed by atoms with E-state index >= 15 is 0 Å². The number of hydrogen-bond donors (Lipinski definition) is 1. The molecule has 1 fully saturated rings. The fraction of sp³-hybridized carbons (Fsp3) is 0.235. The van der Waals surface area contributed by atoms with Crippen LogP contribution in [0.2, 0.25) is 5.02 Å². The van der Waals surface area contributed by atoms with Crippen molar-refractivity contribution in [3.63, 3.8) is 0 Å². The average Bonchev–Trinajstić information content (AvgIpc) is 3.23. The fourth-order valence-electron chi connectivity index (χ4n) is 2.82. The highest BCUT2D eigenvalue weighted by molar-refractivity contribution is 6.35. The van der Waals surface area contributed by atoms with Crippen molar-refractivity contribution in [1.29, 1.82) is 0 Å². The summed E-state index contributed by atoms with van der Waals surface area (Å²) in [6.07, 6.45) is 2.27. The molecule has 3 nitrogen and oxygen atoms in total. The molecule has 0 saturated heterocycles. The van der Waals surface area contributed by atoms with E-state index in [1.165, 1.54) is 0 Å². The Morgan fingerprint density at radius 2 is 1.95 bits per heavy atom. The van der Waals surface area contributed by atoms with Crippen molar-refractivity contribution in [3.8, 4) is 17.1 Å². The van der Waals surface area contributed by atoms with Crippen LogP contribution < -0.4 is 0 Å². The molecule has 1 heterocycles. The Kier molecular flexibility index (Phi) is 2.73. The SMILES string of the molecule is Cc1cccc(-c2nc3cccc(Cl)c3n2C2CC2)c1O. The molecule has 0 aliphatic heterocycles. The molecule has 106 valence electrons. The molecule has 2 aromatic carbocycles. The van der Waals surface area contributed by atoms with Gasteiger partial charge in [-0.25, -0.2) is 4.98 Å². The van der Waals surface area contributed by atoms with Crippen LogP contribution in [0, 0.1) is 6.92 Å². The average molecular weight is 299 g/mol. The first-order chi connectivity index (χ1) is 10.2. The third-order valence-corrected chi connectivity index (χ3v) is 4.36. The second kappa shape index (κ2) is 4.50. The van der Waals surface area contributed by atoms with Crippen LogP contribution in [-0.4, -0.2) is 14.7 Å². The maximum atomic E-state index is 10.4. The zero-order valence-electron chi connectivity index (χ0n) is 11.7. The summed E-state index contributed by atoms with van der Waals surface area (Å²) in [4.78, 5) is 4.73. The Bertz CT molecular complexity index is 849. The van der Waals surface area contributed by atoms with Crippen molar-refractivity contribution < 1.29 is 5.11 Å². The Balaban J connectivity index is 2.07. The first-order valence-electron chi connectivity index (χ1n) is 7.12. The van der Waals surface area contributed by atoms with Crippen LogP contribution in [0.3, 0.4) is 0 Å². The number of fused-ring (bicyclic) bond motifs is 1. The number of phenolic OH excluding ortho intramolecular Hbond substituents is 1. The van der Waals surface area contributed by atoms with Gasteiger partial charge in [0.2, 0.25) is 0 Å². The summed E-state index contributed by atoms with van der Waals surface area (Å²) < 4.78 is 2.19. The summed E-state index contributed by atoms with van der Waals surface area (Å²) in [5.41, 5.74) is 3.48. The first-order valence-corrected chi connectivity index (χ1v) is 7.50. The Morgan fingerprint density at radius 1 is 1.19 bits per heavy atom. The second-order valence-electron chi connectivity index (χ2n) is 5.62. The van der Waals surface area contributed by atoms with Crippen LogP contribution in [0.1, 0.15) is 24.4 Å². The molecule has 1 aliphatic carbocycles. The molecular weight excluding hydrogens is 284 g/mol.